The first kappa shape index (κ1) is 15.9. The van der Waals surface area contributed by atoms with E-state index in [4.69, 9.17) is 4.74 Å². The second kappa shape index (κ2) is 6.28. The van der Waals surface area contributed by atoms with Crippen molar-refractivity contribution in [3.63, 3.8) is 0 Å². The molecular formula is C15H24N2O4S. The van der Waals surface area contributed by atoms with Gasteiger partial charge in [-0.1, -0.05) is 0 Å². The number of nitrogens with zero attached hydrogens (tertiary/aromatic N) is 2. The van der Waals surface area contributed by atoms with Gasteiger partial charge in [-0.3, -0.25) is 13.8 Å². The number of likely N-dealkylation sites (tertiary alicyclic amines) is 1. The maximum Gasteiger partial charge on any atom is 0.236 e. The number of carbonyl (C=O) groups excluding carboxylic acids is 2. The maximum atomic E-state index is 12.5. The van der Waals surface area contributed by atoms with E-state index in [-0.39, 0.29) is 17.6 Å². The number of ether oxygens (including phenoxy) is 1. The van der Waals surface area contributed by atoms with Crippen LogP contribution in [0.5, 0.6) is 0 Å². The average Bonchev–Trinajstić information content (AvgIpc) is 3.30. The molecule has 2 amide bonds. The van der Waals surface area contributed by atoms with Crippen LogP contribution in [0, 0.1) is 5.92 Å². The Kier molecular flexibility index (Phi) is 4.54. The smallest absolute Gasteiger partial charge is 0.236 e. The quantitative estimate of drug-likeness (QED) is 0.730. The molecular weight excluding hydrogens is 304 g/mol. The van der Waals surface area contributed by atoms with Crippen molar-refractivity contribution >= 4 is 22.6 Å². The third-order valence-corrected chi connectivity index (χ3v) is 7.01. The lowest BCUT2D eigenvalue weighted by Crippen LogP contribution is -2.56. The summed E-state index contributed by atoms with van der Waals surface area (Å²) in [5, 5.41) is 0. The van der Waals surface area contributed by atoms with E-state index in [1.165, 1.54) is 12.8 Å². The minimum absolute atomic E-state index is 0.0318. The van der Waals surface area contributed by atoms with Crippen molar-refractivity contribution in [3.05, 3.63) is 0 Å². The molecule has 2 saturated heterocycles. The molecule has 1 atom stereocenters. The normalized spacial score (nSPS) is 27.7. The molecule has 3 fully saturated rings. The van der Waals surface area contributed by atoms with Crippen molar-refractivity contribution < 1.29 is 18.5 Å². The molecule has 2 heterocycles. The van der Waals surface area contributed by atoms with Gasteiger partial charge < -0.3 is 14.5 Å². The number of hydrogen-bond acceptors (Lipinski definition) is 4. The number of piperidine rings is 1. The zero-order valence-corrected chi connectivity index (χ0v) is 13.9. The summed E-state index contributed by atoms with van der Waals surface area (Å²) in [5.74, 6) is 0.867. The lowest BCUT2D eigenvalue weighted by atomic mass is 10.0. The third-order valence-electron chi connectivity index (χ3n) is 5.03. The van der Waals surface area contributed by atoms with Gasteiger partial charge in [0.15, 0.2) is 0 Å². The van der Waals surface area contributed by atoms with Crippen molar-refractivity contribution in [2.24, 2.45) is 5.92 Å². The molecule has 0 N–H and O–H groups in total. The molecule has 0 aromatic carbocycles. The molecule has 0 aromatic heterocycles. The first-order valence-electron chi connectivity index (χ1n) is 8.02. The fourth-order valence-corrected chi connectivity index (χ4v) is 5.16. The summed E-state index contributed by atoms with van der Waals surface area (Å²) in [6, 6.07) is 0. The number of hydrogen-bond donors (Lipinski definition) is 0. The molecule has 0 aromatic rings. The van der Waals surface area contributed by atoms with Crippen LogP contribution in [0.4, 0.5) is 0 Å². The van der Waals surface area contributed by atoms with Crippen LogP contribution in [0.25, 0.3) is 0 Å². The molecule has 124 valence electrons. The van der Waals surface area contributed by atoms with Crippen LogP contribution in [0.15, 0.2) is 0 Å². The molecule has 22 heavy (non-hydrogen) atoms. The number of methoxy groups -OCH3 is 1. The molecule has 2 aliphatic heterocycles. The van der Waals surface area contributed by atoms with Crippen molar-refractivity contribution in [3.8, 4) is 0 Å². The van der Waals surface area contributed by atoms with Crippen LogP contribution in [0.3, 0.4) is 0 Å². The highest BCUT2D eigenvalue weighted by Crippen LogP contribution is 2.41. The molecule has 1 aliphatic carbocycles. The average molecular weight is 328 g/mol. The Bertz CT molecular complexity index is 484. The second-order valence-electron chi connectivity index (χ2n) is 6.51. The zero-order valence-electron chi connectivity index (χ0n) is 13.1. The fourth-order valence-electron chi connectivity index (χ4n) is 3.45. The van der Waals surface area contributed by atoms with Crippen LogP contribution in [-0.2, 0) is 25.1 Å². The fraction of sp³-hybridized carbons (Fsp3) is 0.867. The lowest BCUT2D eigenvalue weighted by Gasteiger charge is -2.43. The summed E-state index contributed by atoms with van der Waals surface area (Å²) in [5.41, 5.74) is 0. The molecule has 1 saturated carbocycles. The van der Waals surface area contributed by atoms with Gasteiger partial charge in [-0.2, -0.15) is 0 Å². The molecule has 0 bridgehead atoms. The van der Waals surface area contributed by atoms with Crippen molar-refractivity contribution in [2.75, 3.05) is 39.1 Å². The van der Waals surface area contributed by atoms with Gasteiger partial charge in [-0.15, -0.1) is 0 Å². The topological polar surface area (TPSA) is 66.9 Å². The summed E-state index contributed by atoms with van der Waals surface area (Å²) < 4.78 is 17.5. The van der Waals surface area contributed by atoms with E-state index in [2.05, 4.69) is 0 Å². The molecule has 3 rings (SSSR count). The summed E-state index contributed by atoms with van der Waals surface area (Å²) in [7, 11) is 0.448. The van der Waals surface area contributed by atoms with Crippen molar-refractivity contribution in [1.29, 1.82) is 0 Å². The summed E-state index contributed by atoms with van der Waals surface area (Å²) in [4.78, 5) is 27.5. The first-order valence-corrected chi connectivity index (χ1v) is 9.34. The first-order chi connectivity index (χ1) is 10.6. The molecule has 1 spiro atoms. The highest BCUT2D eigenvalue weighted by Gasteiger charge is 2.53. The Labute approximate surface area is 133 Å². The van der Waals surface area contributed by atoms with E-state index < -0.39 is 15.7 Å². The summed E-state index contributed by atoms with van der Waals surface area (Å²) in [6.07, 6.45) is 4.01. The monoisotopic (exact) mass is 328 g/mol. The van der Waals surface area contributed by atoms with E-state index in [0.717, 1.165) is 6.54 Å². The van der Waals surface area contributed by atoms with Gasteiger partial charge in [0, 0.05) is 39.6 Å². The predicted molar refractivity (Wildman–Crippen MR) is 82.5 cm³/mol. The SMILES string of the molecule is COCCC(=O)N1CCC2(CC1)N(CC1CC1)C(=O)CS2=O. The van der Waals surface area contributed by atoms with E-state index in [0.29, 0.717) is 44.9 Å². The number of carbonyl (C=O) groups is 2. The maximum absolute atomic E-state index is 12.5. The minimum atomic E-state index is -1.14. The highest BCUT2D eigenvalue weighted by molar-refractivity contribution is 7.87. The molecule has 3 aliphatic rings. The van der Waals surface area contributed by atoms with Crippen LogP contribution in [0.1, 0.15) is 32.1 Å². The van der Waals surface area contributed by atoms with Gasteiger partial charge in [-0.05, 0) is 18.8 Å². The largest absolute Gasteiger partial charge is 0.384 e. The predicted octanol–water partition coefficient (Wildman–Crippen LogP) is 0.343. The Hall–Kier alpha value is -0.950. The van der Waals surface area contributed by atoms with E-state index >= 15 is 0 Å². The van der Waals surface area contributed by atoms with Crippen LogP contribution < -0.4 is 0 Å². The zero-order chi connectivity index (χ0) is 15.7. The number of amides is 2. The van der Waals surface area contributed by atoms with Gasteiger partial charge in [0.25, 0.3) is 0 Å². The Morgan fingerprint density at radius 3 is 2.64 bits per heavy atom. The van der Waals surface area contributed by atoms with E-state index in [1.807, 2.05) is 9.80 Å². The summed E-state index contributed by atoms with van der Waals surface area (Å²) >= 11 is 0. The van der Waals surface area contributed by atoms with Gasteiger partial charge in [0.1, 0.15) is 10.6 Å². The molecule has 0 radical (unpaired) electrons. The van der Waals surface area contributed by atoms with Crippen LogP contribution >= 0.6 is 0 Å². The van der Waals surface area contributed by atoms with Crippen molar-refractivity contribution in [1.82, 2.24) is 9.80 Å². The van der Waals surface area contributed by atoms with Crippen LogP contribution in [-0.4, -0.2) is 69.8 Å². The van der Waals surface area contributed by atoms with Gasteiger partial charge in [0.05, 0.1) is 23.8 Å². The second-order valence-corrected chi connectivity index (χ2v) is 8.25. The van der Waals surface area contributed by atoms with Crippen LogP contribution in [0.2, 0.25) is 0 Å². The van der Waals surface area contributed by atoms with Gasteiger partial charge >= 0.3 is 0 Å². The number of rotatable bonds is 5. The minimum Gasteiger partial charge on any atom is -0.384 e. The van der Waals surface area contributed by atoms with E-state index in [9.17, 15) is 13.8 Å². The Morgan fingerprint density at radius 2 is 2.05 bits per heavy atom. The Morgan fingerprint density at radius 1 is 1.36 bits per heavy atom. The van der Waals surface area contributed by atoms with E-state index in [1.54, 1.807) is 7.11 Å². The lowest BCUT2D eigenvalue weighted by molar-refractivity contribution is -0.136. The van der Waals surface area contributed by atoms with Gasteiger partial charge in [0.2, 0.25) is 11.8 Å². The van der Waals surface area contributed by atoms with Gasteiger partial charge in [-0.25, -0.2) is 0 Å². The third kappa shape index (κ3) is 2.93. The molecule has 6 nitrogen and oxygen atoms in total. The van der Waals surface area contributed by atoms with Crippen molar-refractivity contribution in [2.45, 2.75) is 37.0 Å². The molecule has 1 unspecified atom stereocenters. The highest BCUT2D eigenvalue weighted by atomic mass is 32.2. The Balaban J connectivity index is 1.65. The molecule has 7 heteroatoms. The standard InChI is InChI=1S/C15H24N2O4S/c1-21-9-4-13(18)16-7-5-15(6-8-16)17(10-12-2-3-12)14(19)11-22(15)20/h12H,2-11H2,1H3. The summed E-state index contributed by atoms with van der Waals surface area (Å²) in [6.45, 7) is 2.35.